The fourth-order valence-corrected chi connectivity index (χ4v) is 1.43. The molecule has 0 aliphatic rings. The molecule has 0 radical (unpaired) electrons. The summed E-state index contributed by atoms with van der Waals surface area (Å²) in [6.07, 6.45) is -5.43. The lowest BCUT2D eigenvalue weighted by molar-refractivity contribution is -0.276. The molecule has 9 heteroatoms. The number of ether oxygens (including phenoxy) is 2. The van der Waals surface area contributed by atoms with Crippen LogP contribution in [0, 0.1) is 5.95 Å². The van der Waals surface area contributed by atoms with Crippen molar-refractivity contribution in [3.05, 3.63) is 23.3 Å². The number of carbonyl (C=O) groups excluding carboxylic acids is 1. The molecule has 0 saturated heterocycles. The SMILES string of the molecule is CCOC(=O)Cc1cc(CN)c(OC(F)(F)F)c(F)n1. The Balaban J connectivity index is 3.04. The normalized spacial score (nSPS) is 11.3. The van der Waals surface area contributed by atoms with E-state index in [-0.39, 0.29) is 24.3 Å². The maximum atomic E-state index is 13.5. The minimum atomic E-state index is -5.06. The van der Waals surface area contributed by atoms with Crippen LogP contribution in [-0.2, 0) is 22.5 Å². The molecule has 0 amide bonds. The summed E-state index contributed by atoms with van der Waals surface area (Å²) in [4.78, 5) is 14.5. The Morgan fingerprint density at radius 2 is 2.10 bits per heavy atom. The van der Waals surface area contributed by atoms with Crippen LogP contribution in [0.4, 0.5) is 17.6 Å². The van der Waals surface area contributed by atoms with Gasteiger partial charge in [-0.3, -0.25) is 4.79 Å². The van der Waals surface area contributed by atoms with E-state index < -0.39 is 30.6 Å². The van der Waals surface area contributed by atoms with E-state index in [9.17, 15) is 22.4 Å². The quantitative estimate of drug-likeness (QED) is 0.508. The summed E-state index contributed by atoms with van der Waals surface area (Å²) in [5.74, 6) is -3.25. The minimum Gasteiger partial charge on any atom is -0.466 e. The van der Waals surface area contributed by atoms with Gasteiger partial charge in [-0.1, -0.05) is 0 Å². The van der Waals surface area contributed by atoms with Gasteiger partial charge in [0.2, 0.25) is 0 Å². The Kier molecular flexibility index (Phi) is 5.26. The molecule has 0 aromatic carbocycles. The van der Waals surface area contributed by atoms with Crippen molar-refractivity contribution >= 4 is 5.97 Å². The van der Waals surface area contributed by atoms with Crippen molar-refractivity contribution in [1.82, 2.24) is 4.98 Å². The van der Waals surface area contributed by atoms with Gasteiger partial charge >= 0.3 is 12.3 Å². The first-order valence-corrected chi connectivity index (χ1v) is 5.56. The molecule has 0 atom stereocenters. The van der Waals surface area contributed by atoms with Crippen LogP contribution in [0.3, 0.4) is 0 Å². The van der Waals surface area contributed by atoms with E-state index in [1.165, 1.54) is 0 Å². The number of alkyl halides is 3. The second-order valence-electron chi connectivity index (χ2n) is 3.63. The third-order valence-electron chi connectivity index (χ3n) is 2.13. The minimum absolute atomic E-state index is 0.0871. The molecule has 0 unspecified atom stereocenters. The highest BCUT2D eigenvalue weighted by Crippen LogP contribution is 2.28. The third-order valence-corrected chi connectivity index (χ3v) is 2.13. The van der Waals surface area contributed by atoms with Crippen LogP contribution in [0.5, 0.6) is 5.75 Å². The van der Waals surface area contributed by atoms with E-state index in [0.29, 0.717) is 0 Å². The molecule has 0 aliphatic heterocycles. The van der Waals surface area contributed by atoms with Crippen LogP contribution < -0.4 is 10.5 Å². The number of nitrogens with two attached hydrogens (primary N) is 1. The summed E-state index contributed by atoms with van der Waals surface area (Å²) in [6, 6.07) is 1.07. The highest BCUT2D eigenvalue weighted by molar-refractivity contribution is 5.72. The first kappa shape index (κ1) is 16.2. The molecule has 0 bridgehead atoms. The van der Waals surface area contributed by atoms with Gasteiger partial charge in [0.25, 0.3) is 5.95 Å². The molecular weight excluding hydrogens is 284 g/mol. The average molecular weight is 296 g/mol. The molecule has 0 aliphatic carbocycles. The number of nitrogens with zero attached hydrogens (tertiary/aromatic N) is 1. The number of hydrogen-bond donors (Lipinski definition) is 1. The lowest BCUT2D eigenvalue weighted by Crippen LogP contribution is -2.21. The van der Waals surface area contributed by atoms with E-state index in [1.807, 2.05) is 0 Å². The summed E-state index contributed by atoms with van der Waals surface area (Å²) in [7, 11) is 0. The van der Waals surface area contributed by atoms with Crippen LogP contribution in [0.25, 0.3) is 0 Å². The number of halogens is 4. The van der Waals surface area contributed by atoms with Crippen molar-refractivity contribution < 1.29 is 31.8 Å². The molecule has 0 saturated carbocycles. The third kappa shape index (κ3) is 4.65. The van der Waals surface area contributed by atoms with Crippen molar-refractivity contribution in [2.45, 2.75) is 26.3 Å². The largest absolute Gasteiger partial charge is 0.573 e. The van der Waals surface area contributed by atoms with Crippen molar-refractivity contribution in [2.75, 3.05) is 6.61 Å². The molecule has 0 spiro atoms. The lowest BCUT2D eigenvalue weighted by Gasteiger charge is -2.13. The first-order valence-electron chi connectivity index (χ1n) is 5.56. The first-order chi connectivity index (χ1) is 9.26. The van der Waals surface area contributed by atoms with Crippen LogP contribution in [0.15, 0.2) is 6.07 Å². The van der Waals surface area contributed by atoms with Crippen molar-refractivity contribution in [2.24, 2.45) is 5.73 Å². The van der Waals surface area contributed by atoms with Gasteiger partial charge < -0.3 is 15.2 Å². The molecule has 1 heterocycles. The van der Waals surface area contributed by atoms with Gasteiger partial charge in [0.05, 0.1) is 18.7 Å². The van der Waals surface area contributed by atoms with E-state index >= 15 is 0 Å². The Labute approximate surface area is 111 Å². The maximum Gasteiger partial charge on any atom is 0.573 e. The molecule has 5 nitrogen and oxygen atoms in total. The zero-order chi connectivity index (χ0) is 15.3. The summed E-state index contributed by atoms with van der Waals surface area (Å²) in [5.41, 5.74) is 4.91. The number of hydrogen-bond acceptors (Lipinski definition) is 5. The molecular formula is C11H12F4N2O3. The predicted molar refractivity (Wildman–Crippen MR) is 59.1 cm³/mol. The number of aromatic nitrogens is 1. The summed E-state index contributed by atoms with van der Waals surface area (Å²) in [6.45, 7) is 1.30. The molecule has 1 aromatic rings. The Morgan fingerprint density at radius 1 is 1.45 bits per heavy atom. The number of carbonyl (C=O) groups is 1. The Hall–Kier alpha value is -1.90. The van der Waals surface area contributed by atoms with Crippen molar-refractivity contribution in [1.29, 1.82) is 0 Å². The predicted octanol–water partition coefficient (Wildman–Crippen LogP) is 1.68. The fourth-order valence-electron chi connectivity index (χ4n) is 1.43. The van der Waals surface area contributed by atoms with Gasteiger partial charge in [-0.05, 0) is 13.0 Å². The van der Waals surface area contributed by atoms with Crippen LogP contribution >= 0.6 is 0 Å². The average Bonchev–Trinajstić information content (AvgIpc) is 2.31. The van der Waals surface area contributed by atoms with Gasteiger partial charge in [0, 0.05) is 12.1 Å². The van der Waals surface area contributed by atoms with Gasteiger partial charge in [-0.25, -0.2) is 4.98 Å². The topological polar surface area (TPSA) is 74.4 Å². The molecule has 2 N–H and O–H groups in total. The van der Waals surface area contributed by atoms with Gasteiger partial charge in [0.1, 0.15) is 0 Å². The maximum absolute atomic E-state index is 13.5. The summed E-state index contributed by atoms with van der Waals surface area (Å²) in [5, 5.41) is 0. The van der Waals surface area contributed by atoms with Gasteiger partial charge in [0.15, 0.2) is 5.75 Å². The molecule has 0 fully saturated rings. The smallest absolute Gasteiger partial charge is 0.466 e. The fraction of sp³-hybridized carbons (Fsp3) is 0.455. The highest BCUT2D eigenvalue weighted by Gasteiger charge is 2.34. The molecule has 1 rings (SSSR count). The second-order valence-corrected chi connectivity index (χ2v) is 3.63. The van der Waals surface area contributed by atoms with Crippen LogP contribution in [0.2, 0.25) is 0 Å². The Bertz CT molecular complexity index is 491. The van der Waals surface area contributed by atoms with Crippen LogP contribution in [0.1, 0.15) is 18.2 Å². The lowest BCUT2D eigenvalue weighted by atomic mass is 10.1. The number of pyridine rings is 1. The monoisotopic (exact) mass is 296 g/mol. The molecule has 112 valence electrons. The summed E-state index contributed by atoms with van der Waals surface area (Å²) < 4.78 is 58.0. The highest BCUT2D eigenvalue weighted by atomic mass is 19.4. The van der Waals surface area contributed by atoms with Gasteiger partial charge in [-0.15, -0.1) is 13.2 Å². The zero-order valence-electron chi connectivity index (χ0n) is 10.5. The zero-order valence-corrected chi connectivity index (χ0v) is 10.5. The van der Waals surface area contributed by atoms with Crippen molar-refractivity contribution in [3.8, 4) is 5.75 Å². The van der Waals surface area contributed by atoms with E-state index in [4.69, 9.17) is 5.73 Å². The van der Waals surface area contributed by atoms with E-state index in [2.05, 4.69) is 14.5 Å². The second kappa shape index (κ2) is 6.51. The Morgan fingerprint density at radius 3 is 2.60 bits per heavy atom. The molecule has 20 heavy (non-hydrogen) atoms. The number of esters is 1. The number of rotatable bonds is 5. The summed E-state index contributed by atoms with van der Waals surface area (Å²) >= 11 is 0. The van der Waals surface area contributed by atoms with Crippen LogP contribution in [-0.4, -0.2) is 23.9 Å². The van der Waals surface area contributed by atoms with Crippen molar-refractivity contribution in [3.63, 3.8) is 0 Å². The van der Waals surface area contributed by atoms with E-state index in [1.54, 1.807) is 6.92 Å². The van der Waals surface area contributed by atoms with Gasteiger partial charge in [-0.2, -0.15) is 4.39 Å². The standard InChI is InChI=1S/C11H12F4N2O3/c1-2-19-8(18)4-7-3-6(5-16)9(10(12)17-7)20-11(13,14)15/h3H,2,4-5,16H2,1H3. The van der Waals surface area contributed by atoms with E-state index in [0.717, 1.165) is 6.07 Å². The molecule has 1 aromatic heterocycles.